The molecule has 0 fully saturated rings. The number of benzene rings is 4. The van der Waals surface area contributed by atoms with Crippen LogP contribution in [0.2, 0.25) is 0 Å². The number of thiazole rings is 1. The smallest absolute Gasteiger partial charge is 0.280 e. The van der Waals surface area contributed by atoms with Gasteiger partial charge in [0.2, 0.25) is 0 Å². The average molecular weight is 677 g/mol. The van der Waals surface area contributed by atoms with Crippen molar-refractivity contribution in [1.29, 1.82) is 0 Å². The summed E-state index contributed by atoms with van der Waals surface area (Å²) < 4.78 is 18.7. The van der Waals surface area contributed by atoms with Crippen LogP contribution < -0.4 is 34.4 Å². The van der Waals surface area contributed by atoms with Gasteiger partial charge in [-0.3, -0.25) is 24.3 Å². The minimum absolute atomic E-state index is 0.148. The number of allylic oxidation sites excluding steroid dienone is 1. The molecule has 0 radical (unpaired) electrons. The van der Waals surface area contributed by atoms with E-state index in [0.29, 0.717) is 39.7 Å². The first-order valence-electron chi connectivity index (χ1n) is 15.4. The first-order valence-corrected chi connectivity index (χ1v) is 16.2. The van der Waals surface area contributed by atoms with Gasteiger partial charge in [-0.25, -0.2) is 4.99 Å². The number of rotatable bonds is 11. The van der Waals surface area contributed by atoms with Gasteiger partial charge in [0.25, 0.3) is 17.2 Å². The lowest BCUT2D eigenvalue weighted by atomic mass is 9.95. The Hall–Kier alpha value is -6.01. The van der Waals surface area contributed by atoms with E-state index in [0.717, 1.165) is 16.9 Å². The lowest BCUT2D eigenvalue weighted by Crippen LogP contribution is -2.40. The number of carbonyl (C=O) groups excluding carboxylic acids is 1. The number of ether oxygens (including phenoxy) is 3. The Morgan fingerprint density at radius 1 is 1.00 bits per heavy atom. The molecule has 1 atom stereocenters. The van der Waals surface area contributed by atoms with Crippen LogP contribution in [0.5, 0.6) is 17.2 Å². The lowest BCUT2D eigenvalue weighted by molar-refractivity contribution is -0.385. The number of nitrogens with zero attached hydrogens (tertiary/aromatic N) is 3. The summed E-state index contributed by atoms with van der Waals surface area (Å²) in [5, 5.41) is 15.2. The molecular formula is C37H32N4O7S. The lowest BCUT2D eigenvalue weighted by Gasteiger charge is -2.25. The van der Waals surface area contributed by atoms with Gasteiger partial charge in [-0.05, 0) is 61.4 Å². The Balaban J connectivity index is 1.45. The van der Waals surface area contributed by atoms with E-state index in [2.05, 4.69) is 10.3 Å². The Morgan fingerprint density at radius 3 is 2.35 bits per heavy atom. The second-order valence-electron chi connectivity index (χ2n) is 11.0. The third-order valence-corrected chi connectivity index (χ3v) is 8.82. The van der Waals surface area contributed by atoms with Gasteiger partial charge in [0, 0.05) is 5.69 Å². The van der Waals surface area contributed by atoms with Crippen LogP contribution in [0, 0.1) is 10.1 Å². The van der Waals surface area contributed by atoms with E-state index in [1.807, 2.05) is 67.6 Å². The molecule has 1 amide bonds. The third kappa shape index (κ3) is 6.99. The van der Waals surface area contributed by atoms with Crippen LogP contribution in [0.4, 0.5) is 11.4 Å². The minimum atomic E-state index is -0.837. The summed E-state index contributed by atoms with van der Waals surface area (Å²) in [7, 11) is 1.44. The summed E-state index contributed by atoms with van der Waals surface area (Å²) in [4.78, 5) is 44.8. The zero-order valence-electron chi connectivity index (χ0n) is 26.9. The number of hydrogen-bond donors (Lipinski definition) is 1. The van der Waals surface area contributed by atoms with Crippen molar-refractivity contribution in [2.24, 2.45) is 4.99 Å². The summed E-state index contributed by atoms with van der Waals surface area (Å²) in [5.74, 6) is 0.694. The monoisotopic (exact) mass is 676 g/mol. The molecule has 5 aromatic rings. The number of carbonyl (C=O) groups is 1. The molecule has 2 heterocycles. The van der Waals surface area contributed by atoms with Gasteiger partial charge in [0.15, 0.2) is 16.3 Å². The normalized spacial score (nSPS) is 14.1. The van der Waals surface area contributed by atoms with Crippen LogP contribution in [0.1, 0.15) is 36.6 Å². The predicted octanol–water partition coefficient (Wildman–Crippen LogP) is 5.77. The highest BCUT2D eigenvalue weighted by molar-refractivity contribution is 7.07. The topological polar surface area (TPSA) is 134 Å². The molecule has 1 aliphatic rings. The van der Waals surface area contributed by atoms with Crippen LogP contribution in [-0.2, 0) is 11.4 Å². The van der Waals surface area contributed by atoms with Crippen molar-refractivity contribution in [3.63, 3.8) is 0 Å². The van der Waals surface area contributed by atoms with E-state index in [9.17, 15) is 19.7 Å². The van der Waals surface area contributed by atoms with Crippen LogP contribution >= 0.6 is 11.3 Å². The fraction of sp³-hybridized carbons (Fsp3) is 0.162. The van der Waals surface area contributed by atoms with Crippen LogP contribution in [0.25, 0.3) is 6.08 Å². The Kier molecular flexibility index (Phi) is 9.67. The van der Waals surface area contributed by atoms with E-state index >= 15 is 0 Å². The molecule has 0 saturated heterocycles. The van der Waals surface area contributed by atoms with E-state index in [1.54, 1.807) is 31.2 Å². The Morgan fingerprint density at radius 2 is 1.69 bits per heavy atom. The van der Waals surface area contributed by atoms with Crippen molar-refractivity contribution < 1.29 is 23.9 Å². The maximum absolute atomic E-state index is 14.2. The zero-order chi connectivity index (χ0) is 34.5. The van der Waals surface area contributed by atoms with Gasteiger partial charge in [-0.1, -0.05) is 72.0 Å². The number of para-hydroxylation sites is 1. The fourth-order valence-corrected chi connectivity index (χ4v) is 6.59. The summed E-state index contributed by atoms with van der Waals surface area (Å²) in [6.07, 6.45) is 1.45. The molecule has 49 heavy (non-hydrogen) atoms. The van der Waals surface area contributed by atoms with Crippen molar-refractivity contribution in [3.05, 3.63) is 155 Å². The molecule has 0 bridgehead atoms. The number of nitrogens with one attached hydrogen (secondary N) is 1. The van der Waals surface area contributed by atoms with Crippen molar-refractivity contribution in [2.45, 2.75) is 26.5 Å². The molecule has 12 heteroatoms. The molecule has 0 aliphatic carbocycles. The van der Waals surface area contributed by atoms with E-state index in [-0.39, 0.29) is 33.9 Å². The summed E-state index contributed by atoms with van der Waals surface area (Å²) >= 11 is 1.08. The zero-order valence-corrected chi connectivity index (χ0v) is 27.7. The van der Waals surface area contributed by atoms with E-state index in [1.165, 1.54) is 29.9 Å². The fourth-order valence-electron chi connectivity index (χ4n) is 5.55. The van der Waals surface area contributed by atoms with Crippen molar-refractivity contribution in [1.82, 2.24) is 4.57 Å². The van der Waals surface area contributed by atoms with Gasteiger partial charge < -0.3 is 19.5 Å². The van der Waals surface area contributed by atoms with Gasteiger partial charge in [0.1, 0.15) is 12.4 Å². The highest BCUT2D eigenvalue weighted by Crippen LogP contribution is 2.36. The number of amides is 1. The summed E-state index contributed by atoms with van der Waals surface area (Å²) in [5.41, 5.74) is 2.28. The Bertz CT molecular complexity index is 2230. The molecule has 0 unspecified atom stereocenters. The van der Waals surface area contributed by atoms with Crippen LogP contribution in [0.3, 0.4) is 0 Å². The molecule has 248 valence electrons. The number of hydrogen-bond acceptors (Lipinski definition) is 9. The summed E-state index contributed by atoms with van der Waals surface area (Å²) in [6, 6.07) is 27.5. The van der Waals surface area contributed by atoms with Gasteiger partial charge in [-0.15, -0.1) is 0 Å². The van der Waals surface area contributed by atoms with Crippen molar-refractivity contribution in [3.8, 4) is 17.2 Å². The van der Waals surface area contributed by atoms with Gasteiger partial charge >= 0.3 is 0 Å². The Labute approximate surface area is 285 Å². The van der Waals surface area contributed by atoms with Crippen molar-refractivity contribution >= 4 is 34.7 Å². The largest absolute Gasteiger partial charge is 0.494 e. The second-order valence-corrected chi connectivity index (χ2v) is 12.0. The number of anilines is 1. The molecule has 1 N–H and O–H groups in total. The standard InChI is InChI=1S/C37H32N4O7S/c1-4-47-28-17-15-25(16-18-28)34-33(35(42)39-27-13-9-6-10-14-27)23(2)38-37-40(34)36(43)32(49-37)20-26-19-30(46-3)31(21-29(26)41(44)45)48-22-24-11-7-5-8-12-24/h5-21,34H,4,22H2,1-3H3,(H,39,42)/b32-20-/t34-/m1/s1. The van der Waals surface area contributed by atoms with Crippen LogP contribution in [0.15, 0.2) is 118 Å². The number of methoxy groups -OCH3 is 1. The van der Waals surface area contributed by atoms with Crippen molar-refractivity contribution in [2.75, 3.05) is 19.0 Å². The number of aromatic nitrogens is 1. The molecule has 0 saturated carbocycles. The highest BCUT2D eigenvalue weighted by atomic mass is 32.1. The second kappa shape index (κ2) is 14.4. The first kappa shape index (κ1) is 32.9. The number of nitro benzene ring substituents is 1. The molecule has 4 aromatic carbocycles. The molecule has 0 spiro atoms. The van der Waals surface area contributed by atoms with Gasteiger partial charge in [-0.2, -0.15) is 0 Å². The molecule has 6 rings (SSSR count). The quantitative estimate of drug-likeness (QED) is 0.139. The molecule has 1 aliphatic heterocycles. The maximum atomic E-state index is 14.2. The number of fused-ring (bicyclic) bond motifs is 1. The minimum Gasteiger partial charge on any atom is -0.494 e. The summed E-state index contributed by atoms with van der Waals surface area (Å²) in [6.45, 7) is 4.27. The molecule has 1 aromatic heterocycles. The van der Waals surface area contributed by atoms with E-state index < -0.39 is 22.4 Å². The van der Waals surface area contributed by atoms with Crippen LogP contribution in [-0.4, -0.2) is 29.1 Å². The third-order valence-electron chi connectivity index (χ3n) is 7.84. The average Bonchev–Trinajstić information content (AvgIpc) is 3.41. The number of nitro groups is 1. The predicted molar refractivity (Wildman–Crippen MR) is 187 cm³/mol. The molecule has 11 nitrogen and oxygen atoms in total. The van der Waals surface area contributed by atoms with E-state index in [4.69, 9.17) is 14.2 Å². The SMILES string of the molecule is CCOc1ccc([C@@H]2C(C(=O)Nc3ccccc3)=C(C)N=c3s/c(=C\c4cc(OC)c(OCc5ccccc5)cc4[N+](=O)[O-])c(=O)n32)cc1. The molecular weight excluding hydrogens is 644 g/mol. The maximum Gasteiger partial charge on any atom is 0.280 e. The highest BCUT2D eigenvalue weighted by Gasteiger charge is 2.33. The van der Waals surface area contributed by atoms with Gasteiger partial charge in [0.05, 0.1) is 52.1 Å². The first-order chi connectivity index (χ1) is 23.8.